The smallest absolute Gasteiger partial charge is 0.0113 e. The van der Waals surface area contributed by atoms with Crippen LogP contribution in [-0.2, 0) is 0 Å². The van der Waals surface area contributed by atoms with Crippen LogP contribution in [0.25, 0.3) is 0 Å². The molecule has 3 atom stereocenters. The number of fused-ring (bicyclic) bond motifs is 2. The van der Waals surface area contributed by atoms with Crippen LogP contribution in [0.15, 0.2) is 12.2 Å². The average molecular weight is 234 g/mol. The van der Waals surface area contributed by atoms with E-state index in [1.54, 1.807) is 0 Å². The molecule has 96 valence electrons. The molecule has 2 heteroatoms. The van der Waals surface area contributed by atoms with E-state index in [1.165, 1.54) is 45.6 Å². The first kappa shape index (κ1) is 11.7. The number of rotatable bonds is 3. The summed E-state index contributed by atoms with van der Waals surface area (Å²) < 4.78 is 0. The molecule has 1 aliphatic heterocycles. The fraction of sp³-hybridized carbons (Fsp3) is 0.867. The summed E-state index contributed by atoms with van der Waals surface area (Å²) in [5.74, 6) is 2.82. The molecule has 0 N–H and O–H groups in total. The van der Waals surface area contributed by atoms with Crippen molar-refractivity contribution in [3.63, 3.8) is 0 Å². The van der Waals surface area contributed by atoms with Gasteiger partial charge in [-0.1, -0.05) is 12.2 Å². The van der Waals surface area contributed by atoms with Crippen LogP contribution in [0.1, 0.15) is 26.7 Å². The third-order valence-corrected chi connectivity index (χ3v) is 5.05. The minimum absolute atomic E-state index is 0.725. The fourth-order valence-corrected chi connectivity index (χ4v) is 3.90. The highest BCUT2D eigenvalue weighted by Crippen LogP contribution is 2.43. The summed E-state index contributed by atoms with van der Waals surface area (Å²) in [6.45, 7) is 11.1. The maximum Gasteiger partial charge on any atom is 0.0113 e. The molecule has 3 aliphatic rings. The van der Waals surface area contributed by atoms with Gasteiger partial charge in [0, 0.05) is 38.8 Å². The Kier molecular flexibility index (Phi) is 3.27. The maximum atomic E-state index is 2.71. The molecule has 0 radical (unpaired) electrons. The summed E-state index contributed by atoms with van der Waals surface area (Å²) in [6, 6.07) is 0.725. The molecular weight excluding hydrogens is 208 g/mol. The lowest BCUT2D eigenvalue weighted by Gasteiger charge is -2.38. The van der Waals surface area contributed by atoms with Crippen molar-refractivity contribution in [2.75, 3.05) is 32.7 Å². The molecule has 2 fully saturated rings. The van der Waals surface area contributed by atoms with Gasteiger partial charge in [0.25, 0.3) is 0 Å². The van der Waals surface area contributed by atoms with Crippen LogP contribution in [0, 0.1) is 17.8 Å². The maximum absolute atomic E-state index is 2.71. The monoisotopic (exact) mass is 234 g/mol. The Morgan fingerprint density at radius 3 is 2.35 bits per heavy atom. The molecule has 1 saturated carbocycles. The molecule has 1 heterocycles. The summed E-state index contributed by atoms with van der Waals surface area (Å²) >= 11 is 0. The Hall–Kier alpha value is -0.340. The lowest BCUT2D eigenvalue weighted by atomic mass is 9.93. The van der Waals surface area contributed by atoms with Gasteiger partial charge in [-0.3, -0.25) is 4.90 Å². The molecule has 0 spiro atoms. The van der Waals surface area contributed by atoms with Crippen molar-refractivity contribution in [3.05, 3.63) is 12.2 Å². The Labute approximate surface area is 106 Å². The number of nitrogens with zero attached hydrogens (tertiary/aromatic N) is 2. The number of hydrogen-bond acceptors (Lipinski definition) is 2. The van der Waals surface area contributed by atoms with E-state index in [4.69, 9.17) is 0 Å². The summed E-state index contributed by atoms with van der Waals surface area (Å²) in [5, 5.41) is 0. The fourth-order valence-electron chi connectivity index (χ4n) is 3.90. The van der Waals surface area contributed by atoms with Crippen molar-refractivity contribution >= 4 is 0 Å². The van der Waals surface area contributed by atoms with Crippen molar-refractivity contribution in [1.29, 1.82) is 0 Å². The van der Waals surface area contributed by atoms with Gasteiger partial charge in [-0.05, 0) is 44.4 Å². The Bertz CT molecular complexity index is 289. The van der Waals surface area contributed by atoms with Gasteiger partial charge in [0.05, 0.1) is 0 Å². The molecule has 0 aromatic rings. The predicted molar refractivity (Wildman–Crippen MR) is 72.0 cm³/mol. The molecule has 2 nitrogen and oxygen atoms in total. The zero-order valence-electron chi connectivity index (χ0n) is 11.3. The second-order valence-corrected chi connectivity index (χ2v) is 6.47. The third-order valence-electron chi connectivity index (χ3n) is 5.05. The van der Waals surface area contributed by atoms with E-state index < -0.39 is 0 Å². The Balaban J connectivity index is 1.47. The summed E-state index contributed by atoms with van der Waals surface area (Å²) in [6.07, 6.45) is 7.86. The topological polar surface area (TPSA) is 6.48 Å². The van der Waals surface area contributed by atoms with Crippen molar-refractivity contribution in [1.82, 2.24) is 9.80 Å². The number of piperazine rings is 1. The second-order valence-electron chi connectivity index (χ2n) is 6.47. The lowest BCUT2D eigenvalue weighted by molar-refractivity contribution is 0.0932. The van der Waals surface area contributed by atoms with E-state index >= 15 is 0 Å². The summed E-state index contributed by atoms with van der Waals surface area (Å²) in [5.41, 5.74) is 0. The van der Waals surface area contributed by atoms with E-state index in [-0.39, 0.29) is 0 Å². The first-order valence-corrected chi connectivity index (χ1v) is 7.37. The molecule has 3 rings (SSSR count). The van der Waals surface area contributed by atoms with Gasteiger partial charge in [-0.25, -0.2) is 0 Å². The molecule has 2 aliphatic carbocycles. The molecule has 1 saturated heterocycles. The largest absolute Gasteiger partial charge is 0.300 e. The second kappa shape index (κ2) is 4.74. The highest BCUT2D eigenvalue weighted by Gasteiger charge is 2.36. The van der Waals surface area contributed by atoms with Crippen LogP contribution in [-0.4, -0.2) is 48.6 Å². The standard InChI is InChI=1S/C15H26N2/c1-12(2)17-7-5-16(6-8-17)11-15-10-13-3-4-14(15)9-13/h3-4,12-15H,5-11H2,1-2H3/t13-,14-,15+/m0/s1. The molecule has 0 aromatic heterocycles. The van der Waals surface area contributed by atoms with Crippen molar-refractivity contribution in [2.24, 2.45) is 17.8 Å². The van der Waals surface area contributed by atoms with Crippen LogP contribution >= 0.6 is 0 Å². The SMILES string of the molecule is CC(C)N1CCN(C[C@H]2C[C@H]3C=C[C@H]2C3)CC1. The normalized spacial score (nSPS) is 38.4. The minimum Gasteiger partial charge on any atom is -0.300 e. The minimum atomic E-state index is 0.725. The highest BCUT2D eigenvalue weighted by atomic mass is 15.3. The first-order valence-electron chi connectivity index (χ1n) is 7.37. The molecule has 2 bridgehead atoms. The van der Waals surface area contributed by atoms with Crippen LogP contribution < -0.4 is 0 Å². The van der Waals surface area contributed by atoms with E-state index in [1.807, 2.05) is 0 Å². The first-order chi connectivity index (χ1) is 8.22. The molecule has 17 heavy (non-hydrogen) atoms. The van der Waals surface area contributed by atoms with Crippen molar-refractivity contribution in [3.8, 4) is 0 Å². The van der Waals surface area contributed by atoms with E-state index in [0.717, 1.165) is 23.8 Å². The van der Waals surface area contributed by atoms with Gasteiger partial charge in [0.1, 0.15) is 0 Å². The van der Waals surface area contributed by atoms with Crippen molar-refractivity contribution in [2.45, 2.75) is 32.7 Å². The van der Waals surface area contributed by atoms with Gasteiger partial charge in [-0.2, -0.15) is 0 Å². The summed E-state index contributed by atoms with van der Waals surface area (Å²) in [7, 11) is 0. The van der Waals surface area contributed by atoms with Gasteiger partial charge in [-0.15, -0.1) is 0 Å². The van der Waals surface area contributed by atoms with Gasteiger partial charge < -0.3 is 4.90 Å². The van der Waals surface area contributed by atoms with Crippen LogP contribution in [0.3, 0.4) is 0 Å². The molecule has 0 unspecified atom stereocenters. The molecular formula is C15H26N2. The highest BCUT2D eigenvalue weighted by molar-refractivity contribution is 5.10. The van der Waals surface area contributed by atoms with Gasteiger partial charge in [0.2, 0.25) is 0 Å². The summed E-state index contributed by atoms with van der Waals surface area (Å²) in [4.78, 5) is 5.31. The zero-order chi connectivity index (χ0) is 11.8. The number of allylic oxidation sites excluding steroid dienone is 2. The van der Waals surface area contributed by atoms with Crippen molar-refractivity contribution < 1.29 is 0 Å². The van der Waals surface area contributed by atoms with Crippen LogP contribution in [0.2, 0.25) is 0 Å². The van der Waals surface area contributed by atoms with Gasteiger partial charge >= 0.3 is 0 Å². The quantitative estimate of drug-likeness (QED) is 0.691. The third kappa shape index (κ3) is 2.43. The van der Waals surface area contributed by atoms with Crippen LogP contribution in [0.4, 0.5) is 0 Å². The molecule has 0 amide bonds. The average Bonchev–Trinajstić information content (AvgIpc) is 2.91. The lowest BCUT2D eigenvalue weighted by Crippen LogP contribution is -2.50. The predicted octanol–water partition coefficient (Wildman–Crippen LogP) is 2.22. The van der Waals surface area contributed by atoms with Crippen LogP contribution in [0.5, 0.6) is 0 Å². The Morgan fingerprint density at radius 1 is 1.06 bits per heavy atom. The van der Waals surface area contributed by atoms with Gasteiger partial charge in [0.15, 0.2) is 0 Å². The van der Waals surface area contributed by atoms with E-state index in [0.29, 0.717) is 0 Å². The number of hydrogen-bond donors (Lipinski definition) is 0. The van der Waals surface area contributed by atoms with E-state index in [2.05, 4.69) is 35.8 Å². The van der Waals surface area contributed by atoms with E-state index in [9.17, 15) is 0 Å². The Morgan fingerprint density at radius 2 is 1.82 bits per heavy atom. The molecule has 0 aromatic carbocycles. The zero-order valence-corrected chi connectivity index (χ0v) is 11.3.